The second-order valence-corrected chi connectivity index (χ2v) is 10.2. The standard InChI is InChI=1S/C8H7F3N4.C8H6F3N4.C8H9N4.C4H8O.CH2O3.HI.2Na.Pt.H/c2*1-15-3-2-12-7(15)5-4-6(14-13-5)8(9,10)11;1-6-5-7(11-10-6)8-9-3-4-12(8)2;1-2-4-5-3-1;2-1-4-3;;;;;/h2-4H,1H3,(H,13,14);2-4H,1H3;3-5H,1-2H3;1-4H2;1,3H;1H;;;;/q;2*-1;;;;2*+1;+2;-1/p-2. The number of aryl methyl sites for hydroxylation is 4. The Kier molecular flexibility index (Phi) is 26.4. The van der Waals surface area contributed by atoms with E-state index in [0.717, 1.165) is 42.6 Å². The van der Waals surface area contributed by atoms with E-state index < -0.39 is 23.7 Å². The Balaban J connectivity index is -0.000000653. The van der Waals surface area contributed by atoms with Crippen molar-refractivity contribution in [2.75, 3.05) is 13.2 Å². The zero-order valence-electron chi connectivity index (χ0n) is 31.1. The molecule has 0 atom stereocenters. The summed E-state index contributed by atoms with van der Waals surface area (Å²) in [5.41, 5.74) is 0.179. The Hall–Kier alpha value is -2.35. The molecule has 1 aliphatic heterocycles. The zero-order chi connectivity index (χ0) is 37.6. The van der Waals surface area contributed by atoms with E-state index in [9.17, 15) is 26.3 Å². The van der Waals surface area contributed by atoms with Crippen LogP contribution in [0.15, 0.2) is 55.4 Å². The van der Waals surface area contributed by atoms with Crippen molar-refractivity contribution in [1.82, 2.24) is 59.2 Å². The third kappa shape index (κ3) is 17.8. The molecule has 1 saturated heterocycles. The predicted molar refractivity (Wildman–Crippen MR) is 163 cm³/mol. The minimum Gasteiger partial charge on any atom is -1.00 e. The van der Waals surface area contributed by atoms with Gasteiger partial charge in [0.05, 0.1) is 0 Å². The van der Waals surface area contributed by atoms with Crippen molar-refractivity contribution < 1.29 is 152 Å². The molecule has 7 rings (SSSR count). The summed E-state index contributed by atoms with van der Waals surface area (Å²) in [4.78, 5) is 23.2. The fourth-order valence-electron chi connectivity index (χ4n) is 3.97. The SMILES string of the molecule is C1CCOC1.Cc1cc(-c2nccn2C)[n-]n1.Cn1ccnc1-c1cc(C(F)(F)F)[nH]n1.Cn1ccnc1-c1cc(C(F)(F)F)n[n-]1.O=CO[O-].[H-].[I-].[Na+].[Na+].[Pt+2]. The molecule has 1 aliphatic rings. The van der Waals surface area contributed by atoms with Gasteiger partial charge in [0.2, 0.25) is 0 Å². The summed E-state index contributed by atoms with van der Waals surface area (Å²) in [6, 6.07) is 3.73. The Morgan fingerprint density at radius 1 is 0.818 bits per heavy atom. The van der Waals surface area contributed by atoms with Crippen LogP contribution in [0.25, 0.3) is 34.6 Å². The second kappa shape index (κ2) is 26.5. The molecule has 6 aromatic rings. The smallest absolute Gasteiger partial charge is 1.00 e. The molecule has 0 unspecified atom stereocenters. The maximum Gasteiger partial charge on any atom is 2.00 e. The Labute approximate surface area is 387 Å². The molecule has 1 fully saturated rings. The van der Waals surface area contributed by atoms with E-state index in [4.69, 9.17) is 14.8 Å². The summed E-state index contributed by atoms with van der Waals surface area (Å²) in [7, 11) is 5.29. The van der Waals surface area contributed by atoms with E-state index in [2.05, 4.69) is 45.3 Å². The molecule has 0 radical (unpaired) electrons. The van der Waals surface area contributed by atoms with Crippen molar-refractivity contribution in [3.63, 3.8) is 0 Å². The number of imidazole rings is 3. The van der Waals surface area contributed by atoms with Crippen molar-refractivity contribution in [2.45, 2.75) is 32.1 Å². The number of alkyl halides is 6. The van der Waals surface area contributed by atoms with Crippen LogP contribution in [0.3, 0.4) is 0 Å². The normalized spacial score (nSPS) is 11.4. The van der Waals surface area contributed by atoms with E-state index in [0.29, 0.717) is 11.6 Å². The monoisotopic (exact) mass is 1090 g/mol. The van der Waals surface area contributed by atoms with Gasteiger partial charge in [-0.25, -0.2) is 15.0 Å². The Morgan fingerprint density at radius 2 is 1.27 bits per heavy atom. The fourth-order valence-corrected chi connectivity index (χ4v) is 3.97. The van der Waals surface area contributed by atoms with Crippen molar-refractivity contribution in [2.24, 2.45) is 21.1 Å². The minimum absolute atomic E-state index is 0. The van der Waals surface area contributed by atoms with E-state index in [1.165, 1.54) is 25.2 Å². The van der Waals surface area contributed by atoms with Crippen LogP contribution < -0.4 is 98.5 Å². The molecule has 7 heterocycles. The van der Waals surface area contributed by atoms with Crippen LogP contribution >= 0.6 is 0 Å². The van der Waals surface area contributed by atoms with E-state index >= 15 is 0 Å². The summed E-state index contributed by atoms with van der Waals surface area (Å²) >= 11 is 0. The van der Waals surface area contributed by atoms with Crippen LogP contribution in [0.2, 0.25) is 0 Å². The fraction of sp³-hybridized carbons (Fsp3) is 0.345. The number of H-pyrrole nitrogens is 1. The summed E-state index contributed by atoms with van der Waals surface area (Å²) in [6.07, 6.45) is 3.56. The van der Waals surface area contributed by atoms with E-state index in [1.54, 1.807) is 41.8 Å². The van der Waals surface area contributed by atoms with Gasteiger partial charge in [-0.1, -0.05) is 17.5 Å². The number of aromatic nitrogens is 12. The van der Waals surface area contributed by atoms with E-state index in [1.807, 2.05) is 35.9 Å². The molecule has 0 amide bonds. The number of carbonyl (C=O) groups excluding carboxylic acids is 1. The van der Waals surface area contributed by atoms with Crippen molar-refractivity contribution in [1.29, 1.82) is 0 Å². The van der Waals surface area contributed by atoms with Gasteiger partial charge in [-0.3, -0.25) is 9.89 Å². The molecular weight excluding hydrogens is 1060 g/mol. The first kappa shape index (κ1) is 54.7. The minimum atomic E-state index is -4.46. The maximum atomic E-state index is 12.2. The van der Waals surface area contributed by atoms with Gasteiger partial charge in [-0.05, 0) is 31.9 Å². The molecule has 294 valence electrons. The van der Waals surface area contributed by atoms with Gasteiger partial charge in [0.1, 0.15) is 28.7 Å². The largest absolute Gasteiger partial charge is 2.00 e. The molecule has 0 bridgehead atoms. The average molecular weight is 1090 g/mol. The van der Waals surface area contributed by atoms with Gasteiger partial charge in [-0.15, -0.1) is 0 Å². The number of nitrogens with zero attached hydrogens (tertiary/aromatic N) is 11. The van der Waals surface area contributed by atoms with Crippen molar-refractivity contribution >= 4 is 6.47 Å². The third-order valence-corrected chi connectivity index (χ3v) is 6.39. The van der Waals surface area contributed by atoms with Crippen LogP contribution in [0.5, 0.6) is 0 Å². The van der Waals surface area contributed by atoms with Crippen LogP contribution in [0, 0.1) is 6.92 Å². The van der Waals surface area contributed by atoms with Gasteiger partial charge < -0.3 is 74.4 Å². The molecule has 0 aromatic carbocycles. The number of ether oxygens (including phenoxy) is 1. The molecule has 26 heteroatoms. The number of halogens is 7. The number of carbonyl (C=O) groups is 1. The van der Waals surface area contributed by atoms with Gasteiger partial charge in [0.25, 0.3) is 6.47 Å². The number of aromatic amines is 1. The van der Waals surface area contributed by atoms with Crippen molar-refractivity contribution in [3.05, 3.63) is 72.5 Å². The molecule has 0 spiro atoms. The first-order valence-corrected chi connectivity index (χ1v) is 14.6. The zero-order valence-corrected chi connectivity index (χ0v) is 38.5. The average Bonchev–Trinajstić information content (AvgIpc) is 3.90. The molecule has 16 nitrogen and oxygen atoms in total. The van der Waals surface area contributed by atoms with Crippen LogP contribution in [0.1, 0.15) is 31.4 Å². The number of rotatable bonds is 4. The summed E-state index contributed by atoms with van der Waals surface area (Å²) in [6.45, 7) is 3.74. The maximum absolute atomic E-state index is 12.2. The molecular formula is C29H32F6IN12Na2O4Pt-. The van der Waals surface area contributed by atoms with Gasteiger partial charge >= 0.3 is 92.5 Å². The number of hydrogen-bond donors (Lipinski definition) is 1. The summed E-state index contributed by atoms with van der Waals surface area (Å²) in [5.74, 6) is 1.61. The molecule has 0 saturated carbocycles. The van der Waals surface area contributed by atoms with Gasteiger partial charge in [-0.2, -0.15) is 31.4 Å². The number of hydrogen-bond acceptors (Lipinski definition) is 10. The molecule has 55 heavy (non-hydrogen) atoms. The topological polar surface area (TPSA) is 195 Å². The van der Waals surface area contributed by atoms with Crippen LogP contribution in [-0.2, 0) is 69.0 Å². The molecule has 0 aliphatic carbocycles. The summed E-state index contributed by atoms with van der Waals surface area (Å²) in [5, 5.41) is 28.3. The number of nitrogens with one attached hydrogen (secondary N) is 1. The van der Waals surface area contributed by atoms with Crippen LogP contribution in [-0.4, -0.2) is 68.7 Å². The van der Waals surface area contributed by atoms with Crippen LogP contribution in [0.4, 0.5) is 26.3 Å². The van der Waals surface area contributed by atoms with E-state index in [-0.39, 0.29) is 123 Å². The first-order valence-electron chi connectivity index (χ1n) is 14.6. The van der Waals surface area contributed by atoms with Gasteiger partial charge in [0, 0.05) is 77.2 Å². The third-order valence-electron chi connectivity index (χ3n) is 6.39. The quantitative estimate of drug-likeness (QED) is 0.0441. The molecule has 6 aromatic heterocycles. The van der Waals surface area contributed by atoms with Crippen molar-refractivity contribution in [3.8, 4) is 34.6 Å². The summed E-state index contributed by atoms with van der Waals surface area (Å²) < 4.78 is 83.4. The Bertz CT molecular complexity index is 1830. The van der Waals surface area contributed by atoms with Gasteiger partial charge in [0.15, 0.2) is 5.82 Å². The molecule has 1 N–H and O–H groups in total. The second-order valence-electron chi connectivity index (χ2n) is 10.2. The first-order chi connectivity index (χ1) is 24.1. The Morgan fingerprint density at radius 3 is 1.58 bits per heavy atom. The predicted octanol–water partition coefficient (Wildman–Crippen LogP) is -5.61.